The summed E-state index contributed by atoms with van der Waals surface area (Å²) in [6.07, 6.45) is 0. The van der Waals surface area contributed by atoms with E-state index in [1.807, 2.05) is 0 Å². The minimum Gasteiger partial charge on any atom is -0.399 e. The number of anilines is 2. The van der Waals surface area contributed by atoms with Crippen molar-refractivity contribution < 1.29 is 13.2 Å². The van der Waals surface area contributed by atoms with Gasteiger partial charge in [-0.2, -0.15) is 0 Å². The van der Waals surface area contributed by atoms with E-state index in [2.05, 4.69) is 19.2 Å². The molecule has 5 N–H and O–H groups in total. The van der Waals surface area contributed by atoms with Crippen molar-refractivity contribution in [3.63, 3.8) is 0 Å². The smallest absolute Gasteiger partial charge is 0.238 e. The number of hydrogen-bond donors (Lipinski definition) is 3. The molecule has 0 aromatic heterocycles. The number of nitrogen functional groups attached to an aromatic ring is 1. The van der Waals surface area contributed by atoms with Crippen LogP contribution in [-0.2, 0) is 14.8 Å². The van der Waals surface area contributed by atoms with Crippen LogP contribution < -0.4 is 16.2 Å². The fraction of sp³-hybridized carbons (Fsp3) is 0.500. The van der Waals surface area contributed by atoms with Crippen LogP contribution in [-0.4, -0.2) is 28.2 Å². The summed E-state index contributed by atoms with van der Waals surface area (Å²) in [5.41, 5.74) is 6.59. The zero-order valence-corrected chi connectivity index (χ0v) is 12.0. The van der Waals surface area contributed by atoms with Gasteiger partial charge in [-0.3, -0.25) is 0 Å². The van der Waals surface area contributed by atoms with E-state index >= 15 is 0 Å². The average Bonchev–Trinajstić information content (AvgIpc) is 2.26. The Morgan fingerprint density at radius 1 is 1.32 bits per heavy atom. The van der Waals surface area contributed by atoms with Crippen molar-refractivity contribution in [1.82, 2.24) is 0 Å². The molecule has 0 amide bonds. The molecule has 108 valence electrons. The van der Waals surface area contributed by atoms with Crippen LogP contribution in [0.3, 0.4) is 0 Å². The third-order valence-electron chi connectivity index (χ3n) is 2.28. The fourth-order valence-electron chi connectivity index (χ4n) is 1.47. The van der Waals surface area contributed by atoms with Crippen molar-refractivity contribution in [1.29, 1.82) is 0 Å². The summed E-state index contributed by atoms with van der Waals surface area (Å²) < 4.78 is 27.9. The van der Waals surface area contributed by atoms with Crippen LogP contribution in [0.2, 0.25) is 0 Å². The molecule has 0 fully saturated rings. The number of benzene rings is 1. The van der Waals surface area contributed by atoms with Gasteiger partial charge < -0.3 is 15.8 Å². The molecule has 0 aliphatic heterocycles. The fourth-order valence-corrected chi connectivity index (χ4v) is 2.07. The summed E-state index contributed by atoms with van der Waals surface area (Å²) in [6, 6.07) is 4.43. The van der Waals surface area contributed by atoms with Gasteiger partial charge in [0, 0.05) is 24.5 Å². The van der Waals surface area contributed by atoms with Crippen molar-refractivity contribution in [2.45, 2.75) is 18.7 Å². The van der Waals surface area contributed by atoms with Gasteiger partial charge in [0.2, 0.25) is 10.0 Å². The van der Waals surface area contributed by atoms with Crippen LogP contribution in [0.15, 0.2) is 23.1 Å². The van der Waals surface area contributed by atoms with Crippen molar-refractivity contribution in [2.75, 3.05) is 30.8 Å². The Bertz CT molecular complexity index is 515. The molecule has 1 rings (SSSR count). The van der Waals surface area contributed by atoms with Gasteiger partial charge >= 0.3 is 0 Å². The second-order valence-corrected chi connectivity index (χ2v) is 6.29. The van der Waals surface area contributed by atoms with E-state index in [9.17, 15) is 8.42 Å². The molecule has 6 nitrogen and oxygen atoms in total. The Labute approximate surface area is 114 Å². The molecule has 0 heterocycles. The molecule has 0 spiro atoms. The highest BCUT2D eigenvalue weighted by Crippen LogP contribution is 2.19. The van der Waals surface area contributed by atoms with Gasteiger partial charge in [0.25, 0.3) is 0 Å². The molecule has 1 aromatic carbocycles. The molecular formula is C12H21N3O3S. The summed E-state index contributed by atoms with van der Waals surface area (Å²) in [5.74, 6) is 0.487. The van der Waals surface area contributed by atoms with Crippen LogP contribution in [0.4, 0.5) is 11.4 Å². The van der Waals surface area contributed by atoms with Gasteiger partial charge in [0.05, 0.1) is 11.5 Å². The molecule has 0 aliphatic carbocycles. The lowest BCUT2D eigenvalue weighted by Crippen LogP contribution is -2.15. The maximum Gasteiger partial charge on any atom is 0.238 e. The van der Waals surface area contributed by atoms with Crippen LogP contribution >= 0.6 is 0 Å². The Morgan fingerprint density at radius 2 is 2.00 bits per heavy atom. The molecule has 19 heavy (non-hydrogen) atoms. The SMILES string of the molecule is CC(C)COCCNc1cc(N)cc(S(N)(=O)=O)c1. The van der Waals surface area contributed by atoms with E-state index in [1.165, 1.54) is 12.1 Å². The molecule has 0 aliphatic rings. The summed E-state index contributed by atoms with van der Waals surface area (Å²) in [5, 5.41) is 8.12. The number of ether oxygens (including phenoxy) is 1. The minimum atomic E-state index is -3.75. The second kappa shape index (κ2) is 6.74. The quantitative estimate of drug-likeness (QED) is 0.512. The normalized spacial score (nSPS) is 11.8. The highest BCUT2D eigenvalue weighted by Gasteiger charge is 2.09. The first-order chi connectivity index (χ1) is 8.79. The first-order valence-electron chi connectivity index (χ1n) is 6.04. The van der Waals surface area contributed by atoms with Crippen molar-refractivity contribution >= 4 is 21.4 Å². The Balaban J connectivity index is 2.57. The number of nitrogens with one attached hydrogen (secondary N) is 1. The zero-order chi connectivity index (χ0) is 14.5. The van der Waals surface area contributed by atoms with Gasteiger partial charge in [-0.1, -0.05) is 13.8 Å². The van der Waals surface area contributed by atoms with E-state index in [0.717, 1.165) is 0 Å². The zero-order valence-electron chi connectivity index (χ0n) is 11.2. The number of hydrogen-bond acceptors (Lipinski definition) is 5. The lowest BCUT2D eigenvalue weighted by atomic mass is 10.2. The first-order valence-corrected chi connectivity index (χ1v) is 7.58. The van der Waals surface area contributed by atoms with Gasteiger partial charge in [-0.05, 0) is 24.1 Å². The van der Waals surface area contributed by atoms with Gasteiger partial charge in [0.1, 0.15) is 0 Å². The third kappa shape index (κ3) is 5.91. The average molecular weight is 287 g/mol. The number of nitrogens with two attached hydrogens (primary N) is 2. The van der Waals surface area contributed by atoms with Crippen LogP contribution in [0, 0.1) is 5.92 Å². The van der Waals surface area contributed by atoms with E-state index in [0.29, 0.717) is 37.1 Å². The van der Waals surface area contributed by atoms with E-state index in [4.69, 9.17) is 15.6 Å². The van der Waals surface area contributed by atoms with Crippen LogP contribution in [0.1, 0.15) is 13.8 Å². The number of rotatable bonds is 7. The van der Waals surface area contributed by atoms with E-state index in [1.54, 1.807) is 6.07 Å². The summed E-state index contributed by atoms with van der Waals surface area (Å²) in [4.78, 5) is -0.00176. The molecule has 0 radical (unpaired) electrons. The third-order valence-corrected chi connectivity index (χ3v) is 3.18. The van der Waals surface area contributed by atoms with Gasteiger partial charge in [0.15, 0.2) is 0 Å². The number of sulfonamides is 1. The van der Waals surface area contributed by atoms with E-state index in [-0.39, 0.29) is 4.90 Å². The predicted octanol–water partition coefficient (Wildman–Crippen LogP) is 1.00. The Hall–Kier alpha value is -1.31. The van der Waals surface area contributed by atoms with Gasteiger partial charge in [-0.25, -0.2) is 13.6 Å². The summed E-state index contributed by atoms with van der Waals surface area (Å²) in [7, 11) is -3.75. The highest BCUT2D eigenvalue weighted by molar-refractivity contribution is 7.89. The second-order valence-electron chi connectivity index (χ2n) is 4.73. The van der Waals surface area contributed by atoms with Crippen molar-refractivity contribution in [2.24, 2.45) is 11.1 Å². The monoisotopic (exact) mass is 287 g/mol. The van der Waals surface area contributed by atoms with Crippen molar-refractivity contribution in [3.05, 3.63) is 18.2 Å². The lowest BCUT2D eigenvalue weighted by molar-refractivity contribution is 0.118. The minimum absolute atomic E-state index is 0.00176. The predicted molar refractivity (Wildman–Crippen MR) is 76.4 cm³/mol. The topological polar surface area (TPSA) is 107 Å². The molecule has 0 atom stereocenters. The Kier molecular flexibility index (Phi) is 5.59. The summed E-state index contributed by atoms with van der Waals surface area (Å²) in [6.45, 7) is 5.95. The lowest BCUT2D eigenvalue weighted by Gasteiger charge is -2.10. The maximum absolute atomic E-state index is 11.3. The molecule has 0 saturated carbocycles. The molecule has 0 saturated heterocycles. The first kappa shape index (κ1) is 15.7. The maximum atomic E-state index is 11.3. The van der Waals surface area contributed by atoms with E-state index < -0.39 is 10.0 Å². The largest absolute Gasteiger partial charge is 0.399 e. The Morgan fingerprint density at radius 3 is 2.58 bits per heavy atom. The van der Waals surface area contributed by atoms with Crippen LogP contribution in [0.25, 0.3) is 0 Å². The van der Waals surface area contributed by atoms with Crippen LogP contribution in [0.5, 0.6) is 0 Å². The summed E-state index contributed by atoms with van der Waals surface area (Å²) >= 11 is 0. The van der Waals surface area contributed by atoms with Crippen molar-refractivity contribution in [3.8, 4) is 0 Å². The molecule has 0 unspecified atom stereocenters. The van der Waals surface area contributed by atoms with Gasteiger partial charge in [-0.15, -0.1) is 0 Å². The molecule has 1 aromatic rings. The highest BCUT2D eigenvalue weighted by atomic mass is 32.2. The molecule has 7 heteroatoms. The standard InChI is InChI=1S/C12H21N3O3S/c1-9(2)8-18-4-3-15-11-5-10(13)6-12(7-11)19(14,16)17/h5-7,9,15H,3-4,8,13H2,1-2H3,(H2,14,16,17). The molecular weight excluding hydrogens is 266 g/mol. The molecule has 0 bridgehead atoms. The number of primary sulfonamides is 1.